The molecule has 0 fully saturated rings. The van der Waals surface area contributed by atoms with E-state index in [4.69, 9.17) is 16.9 Å². The number of amides is 6. The van der Waals surface area contributed by atoms with E-state index >= 15 is 0 Å². The van der Waals surface area contributed by atoms with Crippen LogP contribution in [0.2, 0.25) is 0 Å². The summed E-state index contributed by atoms with van der Waals surface area (Å²) in [5.41, 5.74) is 13.3. The molecule has 16 nitrogen and oxygen atoms in total. The molecule has 3 rings (SSSR count). The summed E-state index contributed by atoms with van der Waals surface area (Å²) in [6.45, 7) is 7.36. The minimum Gasteiger partial charge on any atom is -0.370 e. The lowest BCUT2D eigenvalue weighted by molar-refractivity contribution is -0.135. The molecule has 0 saturated carbocycles. The van der Waals surface area contributed by atoms with Gasteiger partial charge in [0.15, 0.2) is 5.96 Å². The lowest BCUT2D eigenvalue weighted by Crippen LogP contribution is -2.60. The first-order valence-corrected chi connectivity index (χ1v) is 21.0. The Labute approximate surface area is 344 Å². The van der Waals surface area contributed by atoms with Gasteiger partial charge in [0.2, 0.25) is 35.4 Å². The molecule has 58 heavy (non-hydrogen) atoms. The van der Waals surface area contributed by atoms with Crippen molar-refractivity contribution in [1.29, 1.82) is 5.41 Å². The van der Waals surface area contributed by atoms with E-state index in [0.717, 1.165) is 22.0 Å². The predicted octanol–water partition coefficient (Wildman–Crippen LogP) is 1.58. The fraction of sp³-hybridized carbons (Fsp3) is 0.488. The van der Waals surface area contributed by atoms with E-state index in [0.29, 0.717) is 31.6 Å². The molecule has 0 aliphatic heterocycles. The van der Waals surface area contributed by atoms with Gasteiger partial charge in [-0.05, 0) is 61.3 Å². The molecule has 0 radical (unpaired) electrons. The highest BCUT2D eigenvalue weighted by molar-refractivity contribution is 7.98. The third kappa shape index (κ3) is 14.7. The number of fused-ring (bicyclic) bond motifs is 1. The van der Waals surface area contributed by atoms with Crippen LogP contribution in [0.5, 0.6) is 0 Å². The number of carbonyl (C=O) groups is 6. The van der Waals surface area contributed by atoms with E-state index in [1.165, 1.54) is 18.7 Å². The average Bonchev–Trinajstić information content (AvgIpc) is 3.61. The molecule has 0 saturated heterocycles. The molecule has 2 aromatic carbocycles. The summed E-state index contributed by atoms with van der Waals surface area (Å²) in [7, 11) is 0. The number of carbonyl (C=O) groups excluding carboxylic acids is 6. The van der Waals surface area contributed by atoms with Crippen molar-refractivity contribution in [3.8, 4) is 0 Å². The Kier molecular flexibility index (Phi) is 19.0. The Balaban J connectivity index is 1.85. The van der Waals surface area contributed by atoms with Gasteiger partial charge in [0.25, 0.3) is 0 Å². The third-order valence-electron chi connectivity index (χ3n) is 10.0. The Bertz CT molecular complexity index is 1860. The molecule has 12 N–H and O–H groups in total. The van der Waals surface area contributed by atoms with Crippen LogP contribution in [0.1, 0.15) is 64.5 Å². The van der Waals surface area contributed by atoms with Crippen LogP contribution in [-0.2, 0) is 41.6 Å². The van der Waals surface area contributed by atoms with Gasteiger partial charge in [0.1, 0.15) is 30.2 Å². The molecule has 6 amide bonds. The minimum absolute atomic E-state index is 0.0574. The molecule has 0 unspecified atom stereocenters. The van der Waals surface area contributed by atoms with Gasteiger partial charge in [-0.25, -0.2) is 0 Å². The molecular formula is C41H60N10O6S. The highest BCUT2D eigenvalue weighted by Gasteiger charge is 2.33. The maximum Gasteiger partial charge on any atom is 0.243 e. The lowest BCUT2D eigenvalue weighted by atomic mass is 9.97. The normalized spacial score (nSPS) is 14.7. The van der Waals surface area contributed by atoms with Gasteiger partial charge in [0.05, 0.1) is 0 Å². The van der Waals surface area contributed by atoms with E-state index < -0.39 is 65.7 Å². The number of H-pyrrole nitrogens is 1. The van der Waals surface area contributed by atoms with Crippen LogP contribution in [0.25, 0.3) is 10.9 Å². The van der Waals surface area contributed by atoms with Crippen molar-refractivity contribution in [2.75, 3.05) is 18.6 Å². The molecule has 0 aliphatic rings. The number of aromatic amines is 1. The zero-order valence-corrected chi connectivity index (χ0v) is 34.8. The summed E-state index contributed by atoms with van der Waals surface area (Å²) in [6, 6.07) is 11.2. The fourth-order valence-corrected chi connectivity index (χ4v) is 6.77. The number of hydrogen-bond donors (Lipinski definition) is 10. The molecule has 3 aromatic rings. The highest BCUT2D eigenvalue weighted by atomic mass is 32.2. The first-order chi connectivity index (χ1) is 27.6. The molecule has 1 heterocycles. The highest BCUT2D eigenvalue weighted by Crippen LogP contribution is 2.20. The van der Waals surface area contributed by atoms with Crippen LogP contribution >= 0.6 is 11.8 Å². The molecule has 0 aliphatic carbocycles. The number of aromatic nitrogens is 1. The van der Waals surface area contributed by atoms with Crippen LogP contribution in [0, 0.1) is 17.2 Å². The van der Waals surface area contributed by atoms with Crippen molar-refractivity contribution >= 4 is 64.1 Å². The molecular weight excluding hydrogens is 761 g/mol. The molecule has 0 bridgehead atoms. The number of primary amides is 1. The lowest BCUT2D eigenvalue weighted by Gasteiger charge is -2.28. The summed E-state index contributed by atoms with van der Waals surface area (Å²) >= 11 is 1.47. The number of guanidine groups is 1. The van der Waals surface area contributed by atoms with Gasteiger partial charge < -0.3 is 48.4 Å². The van der Waals surface area contributed by atoms with Crippen molar-refractivity contribution in [2.45, 2.75) is 96.4 Å². The van der Waals surface area contributed by atoms with E-state index in [1.807, 2.05) is 67.8 Å². The first kappa shape index (κ1) is 46.8. The van der Waals surface area contributed by atoms with Crippen molar-refractivity contribution in [1.82, 2.24) is 36.9 Å². The molecule has 17 heteroatoms. The quantitative estimate of drug-likeness (QED) is 0.0357. The van der Waals surface area contributed by atoms with Crippen molar-refractivity contribution in [3.05, 3.63) is 71.9 Å². The Morgan fingerprint density at radius 1 is 0.741 bits per heavy atom. The Morgan fingerprint density at radius 2 is 1.34 bits per heavy atom. The van der Waals surface area contributed by atoms with E-state index in [1.54, 1.807) is 20.0 Å². The maximum atomic E-state index is 14.2. The second kappa shape index (κ2) is 23.6. The Hall–Kier alpha value is -5.58. The predicted molar refractivity (Wildman–Crippen MR) is 227 cm³/mol. The number of hydrogen-bond acceptors (Lipinski definition) is 8. The van der Waals surface area contributed by atoms with Gasteiger partial charge >= 0.3 is 0 Å². The summed E-state index contributed by atoms with van der Waals surface area (Å²) in [5.74, 6) is -3.87. The number of thioether (sulfide) groups is 1. The third-order valence-corrected chi connectivity index (χ3v) is 10.7. The Morgan fingerprint density at radius 3 is 2.00 bits per heavy atom. The van der Waals surface area contributed by atoms with Crippen LogP contribution < -0.4 is 43.4 Å². The number of nitrogens with one attached hydrogen (secondary N) is 8. The van der Waals surface area contributed by atoms with Crippen LogP contribution in [-0.4, -0.2) is 95.1 Å². The minimum atomic E-state index is -1.17. The molecule has 1 aromatic heterocycles. The van der Waals surface area contributed by atoms with Gasteiger partial charge in [-0.15, -0.1) is 0 Å². The maximum absolute atomic E-state index is 14.2. The van der Waals surface area contributed by atoms with Crippen molar-refractivity contribution in [2.24, 2.45) is 23.3 Å². The van der Waals surface area contributed by atoms with Crippen LogP contribution in [0.4, 0.5) is 0 Å². The zero-order valence-electron chi connectivity index (χ0n) is 34.0. The second-order valence-corrected chi connectivity index (χ2v) is 15.6. The standard InChI is InChI=1S/C41H60N10O6S/c1-6-24(2)34(35(42)52)51-40(57)32(21-27-14-8-7-9-15-27)50-38(55)31(18-20-58-5)48-39(56)33(22-28-23-46-30-17-11-10-16-29(28)30)49-37(54)26(4)47-36(53)25(3)13-12-19-45-41(43)44/h7-11,14-17,23-26,31-34,46H,6,12-13,18-22H2,1-5H3,(H2,42,52)(H,47,53)(H,48,56)(H,49,54)(H,50,55)(H,51,57)(H4,43,44,45)/t24-,25-,26-,31-,32-,33-,34-/m0/s1. The molecule has 316 valence electrons. The van der Waals surface area contributed by atoms with Crippen LogP contribution in [0.3, 0.4) is 0 Å². The first-order valence-electron chi connectivity index (χ1n) is 19.6. The summed E-state index contributed by atoms with van der Waals surface area (Å²) < 4.78 is 0. The van der Waals surface area contributed by atoms with Crippen molar-refractivity contribution < 1.29 is 28.8 Å². The fourth-order valence-electron chi connectivity index (χ4n) is 6.30. The molecule has 7 atom stereocenters. The number of nitrogens with two attached hydrogens (primary N) is 2. The van der Waals surface area contributed by atoms with Gasteiger partial charge in [-0.2, -0.15) is 11.8 Å². The number of rotatable bonds is 24. The zero-order chi connectivity index (χ0) is 42.8. The SMILES string of the molecule is CC[C@H](C)[C@H](NC(=O)[C@H](Cc1ccccc1)NC(=O)[C@H](CCSC)NC(=O)[C@H](Cc1c[nH]c2ccccc12)NC(=O)[C@H](C)NC(=O)[C@@H](C)CCCNC(=N)N)C(N)=O. The van der Waals surface area contributed by atoms with Gasteiger partial charge in [0, 0.05) is 42.4 Å². The average molecular weight is 821 g/mol. The summed E-state index contributed by atoms with van der Waals surface area (Å²) in [5, 5.41) is 24.7. The largest absolute Gasteiger partial charge is 0.370 e. The second-order valence-electron chi connectivity index (χ2n) is 14.6. The topological polar surface area (TPSA) is 266 Å². The smallest absolute Gasteiger partial charge is 0.243 e. The number of benzene rings is 2. The summed E-state index contributed by atoms with van der Waals surface area (Å²) in [4.78, 5) is 84.1. The van der Waals surface area contributed by atoms with Gasteiger partial charge in [-0.3, -0.25) is 34.2 Å². The monoisotopic (exact) mass is 820 g/mol. The van der Waals surface area contributed by atoms with E-state index in [-0.39, 0.29) is 37.0 Å². The van der Waals surface area contributed by atoms with E-state index in [2.05, 4.69) is 36.9 Å². The molecule has 0 spiro atoms. The van der Waals surface area contributed by atoms with Crippen LogP contribution in [0.15, 0.2) is 60.8 Å². The van der Waals surface area contributed by atoms with Crippen molar-refractivity contribution in [3.63, 3.8) is 0 Å². The number of para-hydroxylation sites is 1. The van der Waals surface area contributed by atoms with E-state index in [9.17, 15) is 28.8 Å². The van der Waals surface area contributed by atoms with Gasteiger partial charge in [-0.1, -0.05) is 75.7 Å². The summed E-state index contributed by atoms with van der Waals surface area (Å²) in [6.07, 6.45) is 5.63.